The van der Waals surface area contributed by atoms with E-state index in [1.807, 2.05) is 0 Å². The zero-order valence-corrected chi connectivity index (χ0v) is 8.47. The summed E-state index contributed by atoms with van der Waals surface area (Å²) in [6, 6.07) is 3.20. The molecular formula is C9H9BrO2. The SMILES string of the molecule is CC(=O)c1cc(C)c(O)cc1Br. The molecule has 1 rings (SSSR count). The monoisotopic (exact) mass is 228 g/mol. The molecule has 1 aromatic carbocycles. The molecule has 0 aliphatic heterocycles. The Hall–Kier alpha value is -0.830. The number of aryl methyl sites for hydroxylation is 1. The fraction of sp³-hybridized carbons (Fsp3) is 0.222. The Balaban J connectivity index is 3.33. The van der Waals surface area contributed by atoms with E-state index >= 15 is 0 Å². The predicted octanol–water partition coefficient (Wildman–Crippen LogP) is 2.67. The van der Waals surface area contributed by atoms with E-state index in [4.69, 9.17) is 0 Å². The summed E-state index contributed by atoms with van der Waals surface area (Å²) in [7, 11) is 0. The lowest BCUT2D eigenvalue weighted by Crippen LogP contribution is -1.94. The number of Topliss-reactive ketones (excluding diaryl/α,β-unsaturated/α-hetero) is 1. The minimum absolute atomic E-state index is 0.00928. The van der Waals surface area contributed by atoms with Crippen LogP contribution in [-0.4, -0.2) is 10.9 Å². The van der Waals surface area contributed by atoms with Gasteiger partial charge in [-0.05, 0) is 47.5 Å². The fourth-order valence-corrected chi connectivity index (χ4v) is 1.55. The normalized spacial score (nSPS) is 9.92. The molecule has 0 bridgehead atoms. The number of hydrogen-bond donors (Lipinski definition) is 1. The van der Waals surface area contributed by atoms with Crippen LogP contribution in [0.5, 0.6) is 5.75 Å². The van der Waals surface area contributed by atoms with E-state index in [2.05, 4.69) is 15.9 Å². The minimum Gasteiger partial charge on any atom is -0.508 e. The minimum atomic E-state index is -0.00928. The second-order valence-corrected chi connectivity index (χ2v) is 3.53. The van der Waals surface area contributed by atoms with Crippen LogP contribution in [-0.2, 0) is 0 Å². The van der Waals surface area contributed by atoms with Gasteiger partial charge in [0.05, 0.1) is 0 Å². The Kier molecular flexibility index (Phi) is 2.52. The van der Waals surface area contributed by atoms with Crippen LogP contribution in [0.4, 0.5) is 0 Å². The van der Waals surface area contributed by atoms with Gasteiger partial charge in [0.15, 0.2) is 5.78 Å². The molecule has 0 saturated carbocycles. The van der Waals surface area contributed by atoms with Gasteiger partial charge in [0.2, 0.25) is 0 Å². The van der Waals surface area contributed by atoms with Crippen molar-refractivity contribution in [1.82, 2.24) is 0 Å². The van der Waals surface area contributed by atoms with Crippen molar-refractivity contribution in [1.29, 1.82) is 0 Å². The summed E-state index contributed by atoms with van der Waals surface area (Å²) in [5.41, 5.74) is 1.31. The van der Waals surface area contributed by atoms with Crippen molar-refractivity contribution in [2.45, 2.75) is 13.8 Å². The molecule has 0 fully saturated rings. The summed E-state index contributed by atoms with van der Waals surface area (Å²) in [6.07, 6.45) is 0. The van der Waals surface area contributed by atoms with E-state index in [0.717, 1.165) is 0 Å². The Labute approximate surface area is 79.3 Å². The largest absolute Gasteiger partial charge is 0.508 e. The fourth-order valence-electron chi connectivity index (χ4n) is 0.941. The van der Waals surface area contributed by atoms with Crippen molar-refractivity contribution in [2.24, 2.45) is 0 Å². The van der Waals surface area contributed by atoms with E-state index in [1.165, 1.54) is 13.0 Å². The summed E-state index contributed by atoms with van der Waals surface area (Å²) < 4.78 is 0.637. The number of carbonyl (C=O) groups is 1. The number of rotatable bonds is 1. The lowest BCUT2D eigenvalue weighted by Gasteiger charge is -2.03. The maximum atomic E-state index is 11.0. The second kappa shape index (κ2) is 3.27. The van der Waals surface area contributed by atoms with E-state index < -0.39 is 0 Å². The average molecular weight is 229 g/mol. The van der Waals surface area contributed by atoms with Crippen molar-refractivity contribution >= 4 is 21.7 Å². The van der Waals surface area contributed by atoms with Crippen LogP contribution >= 0.6 is 15.9 Å². The summed E-state index contributed by atoms with van der Waals surface area (Å²) in [6.45, 7) is 3.25. The molecule has 3 heteroatoms. The smallest absolute Gasteiger partial charge is 0.160 e. The third-order valence-corrected chi connectivity index (χ3v) is 2.32. The van der Waals surface area contributed by atoms with Crippen LogP contribution in [0.25, 0.3) is 0 Å². The molecule has 0 spiro atoms. The zero-order valence-electron chi connectivity index (χ0n) is 6.89. The molecule has 0 unspecified atom stereocenters. The number of phenolic OH excluding ortho intramolecular Hbond substituents is 1. The molecule has 0 aliphatic rings. The highest BCUT2D eigenvalue weighted by atomic mass is 79.9. The van der Waals surface area contributed by atoms with E-state index in [1.54, 1.807) is 13.0 Å². The van der Waals surface area contributed by atoms with Gasteiger partial charge in [-0.2, -0.15) is 0 Å². The predicted molar refractivity (Wildman–Crippen MR) is 50.5 cm³/mol. The molecule has 1 aromatic rings. The first-order valence-electron chi connectivity index (χ1n) is 3.52. The standard InChI is InChI=1S/C9H9BrO2/c1-5-3-7(6(2)11)8(10)4-9(5)12/h3-4,12H,1-2H3. The second-order valence-electron chi connectivity index (χ2n) is 2.67. The molecule has 12 heavy (non-hydrogen) atoms. The van der Waals surface area contributed by atoms with E-state index in [0.29, 0.717) is 15.6 Å². The highest BCUT2D eigenvalue weighted by Gasteiger charge is 2.07. The van der Waals surface area contributed by atoms with Crippen LogP contribution in [0.2, 0.25) is 0 Å². The molecule has 0 aromatic heterocycles. The first-order valence-corrected chi connectivity index (χ1v) is 4.31. The molecule has 1 N–H and O–H groups in total. The first kappa shape index (κ1) is 9.26. The molecular weight excluding hydrogens is 220 g/mol. The van der Waals surface area contributed by atoms with Crippen LogP contribution in [0.15, 0.2) is 16.6 Å². The molecule has 64 valence electrons. The Morgan fingerprint density at radius 3 is 2.58 bits per heavy atom. The van der Waals surface area contributed by atoms with Gasteiger partial charge in [-0.3, -0.25) is 4.79 Å². The van der Waals surface area contributed by atoms with Crippen LogP contribution in [0.3, 0.4) is 0 Å². The van der Waals surface area contributed by atoms with Gasteiger partial charge in [0.25, 0.3) is 0 Å². The number of carbonyl (C=O) groups excluding carboxylic acids is 1. The summed E-state index contributed by atoms with van der Waals surface area (Å²) >= 11 is 3.20. The van der Waals surface area contributed by atoms with Crippen LogP contribution in [0.1, 0.15) is 22.8 Å². The van der Waals surface area contributed by atoms with Crippen molar-refractivity contribution in [2.75, 3.05) is 0 Å². The maximum Gasteiger partial charge on any atom is 0.160 e. The van der Waals surface area contributed by atoms with Crippen LogP contribution in [0, 0.1) is 6.92 Å². The van der Waals surface area contributed by atoms with E-state index in [9.17, 15) is 9.90 Å². The van der Waals surface area contributed by atoms with E-state index in [-0.39, 0.29) is 11.5 Å². The lowest BCUT2D eigenvalue weighted by molar-refractivity contribution is 0.101. The Morgan fingerprint density at radius 1 is 1.50 bits per heavy atom. The maximum absolute atomic E-state index is 11.0. The first-order chi connectivity index (χ1) is 5.52. The third kappa shape index (κ3) is 1.67. The van der Waals surface area contributed by atoms with Crippen molar-refractivity contribution in [3.63, 3.8) is 0 Å². The molecule has 0 atom stereocenters. The molecule has 0 amide bonds. The summed E-state index contributed by atoms with van der Waals surface area (Å²) in [5.74, 6) is 0.192. The van der Waals surface area contributed by atoms with Gasteiger partial charge in [0, 0.05) is 10.0 Å². The number of hydrogen-bond acceptors (Lipinski definition) is 2. The molecule has 0 saturated heterocycles. The average Bonchev–Trinajstić information content (AvgIpc) is 1.96. The lowest BCUT2D eigenvalue weighted by atomic mass is 10.1. The van der Waals surface area contributed by atoms with Gasteiger partial charge >= 0.3 is 0 Å². The Morgan fingerprint density at radius 2 is 2.08 bits per heavy atom. The van der Waals surface area contributed by atoms with Gasteiger partial charge in [-0.1, -0.05) is 0 Å². The molecule has 0 heterocycles. The highest BCUT2D eigenvalue weighted by molar-refractivity contribution is 9.10. The molecule has 0 aliphatic carbocycles. The molecule has 0 radical (unpaired) electrons. The molecule has 2 nitrogen and oxygen atoms in total. The zero-order chi connectivity index (χ0) is 9.30. The third-order valence-electron chi connectivity index (χ3n) is 1.66. The highest BCUT2D eigenvalue weighted by Crippen LogP contribution is 2.26. The van der Waals surface area contributed by atoms with Gasteiger partial charge in [-0.15, -0.1) is 0 Å². The quantitative estimate of drug-likeness (QED) is 0.751. The summed E-state index contributed by atoms with van der Waals surface area (Å²) in [5, 5.41) is 9.27. The summed E-state index contributed by atoms with van der Waals surface area (Å²) in [4.78, 5) is 11.0. The van der Waals surface area contributed by atoms with Gasteiger partial charge < -0.3 is 5.11 Å². The van der Waals surface area contributed by atoms with Crippen molar-refractivity contribution in [3.8, 4) is 5.75 Å². The number of ketones is 1. The number of halogens is 1. The number of phenols is 1. The van der Waals surface area contributed by atoms with Crippen molar-refractivity contribution in [3.05, 3.63) is 27.7 Å². The van der Waals surface area contributed by atoms with Crippen LogP contribution < -0.4 is 0 Å². The number of benzene rings is 1. The number of aromatic hydroxyl groups is 1. The Bertz CT molecular complexity index is 332. The van der Waals surface area contributed by atoms with Gasteiger partial charge in [0.1, 0.15) is 5.75 Å². The van der Waals surface area contributed by atoms with Gasteiger partial charge in [-0.25, -0.2) is 0 Å². The van der Waals surface area contributed by atoms with Crippen molar-refractivity contribution < 1.29 is 9.90 Å². The topological polar surface area (TPSA) is 37.3 Å².